The molecule has 2 fully saturated rings. The molecule has 0 spiro atoms. The molecule has 0 amide bonds. The van der Waals surface area contributed by atoms with Gasteiger partial charge in [0.25, 0.3) is 0 Å². The zero-order valence-corrected chi connectivity index (χ0v) is 37.3. The first-order valence-corrected chi connectivity index (χ1v) is 24.6. The maximum absolute atomic E-state index is 5.33. The molecule has 2 aromatic heterocycles. The summed E-state index contributed by atoms with van der Waals surface area (Å²) in [6, 6.07) is 72.5. The lowest BCUT2D eigenvalue weighted by atomic mass is 9.64. The first kappa shape index (κ1) is 37.4. The molecule has 0 aliphatic heterocycles. The highest BCUT2D eigenvalue weighted by molar-refractivity contribution is 7.22. The van der Waals surface area contributed by atoms with Crippen molar-refractivity contribution in [1.82, 2.24) is 9.97 Å². The first-order chi connectivity index (χ1) is 32.2. The summed E-state index contributed by atoms with van der Waals surface area (Å²) < 4.78 is 2.44. The smallest absolute Gasteiger partial charge is 0.125 e. The Morgan fingerprint density at radius 2 is 0.938 bits per heavy atom. The van der Waals surface area contributed by atoms with Crippen LogP contribution in [-0.4, -0.2) is 9.97 Å². The van der Waals surface area contributed by atoms with E-state index in [1.54, 1.807) is 11.3 Å². The Morgan fingerprint density at radius 1 is 0.446 bits per heavy atom. The van der Waals surface area contributed by atoms with Crippen LogP contribution in [0.25, 0.3) is 107 Å². The summed E-state index contributed by atoms with van der Waals surface area (Å²) in [6.45, 7) is 0. The molecule has 0 N–H and O–H groups in total. The molecule has 3 atom stereocenters. The van der Waals surface area contributed by atoms with Crippen LogP contribution in [0.15, 0.2) is 194 Å². The fourth-order valence-electron chi connectivity index (χ4n) is 12.4. The van der Waals surface area contributed by atoms with Gasteiger partial charge >= 0.3 is 0 Å². The number of rotatable bonds is 6. The number of hydrogen-bond donors (Lipinski definition) is 0. The normalized spacial score (nSPS) is 18.3. The van der Waals surface area contributed by atoms with Gasteiger partial charge in [-0.25, -0.2) is 9.97 Å². The third-order valence-electron chi connectivity index (χ3n) is 15.1. The minimum Gasteiger partial charge on any atom is -0.236 e. The zero-order chi connectivity index (χ0) is 42.6. The highest BCUT2D eigenvalue weighted by Gasteiger charge is 2.54. The molecule has 2 aliphatic rings. The van der Waals surface area contributed by atoms with Crippen molar-refractivity contribution < 1.29 is 0 Å². The van der Waals surface area contributed by atoms with E-state index in [2.05, 4.69) is 194 Å². The van der Waals surface area contributed by atoms with E-state index in [1.807, 2.05) is 11.3 Å². The molecule has 2 bridgehead atoms. The molecular weight excluding hydrogens is 825 g/mol. The van der Waals surface area contributed by atoms with Gasteiger partial charge in [0, 0.05) is 27.3 Å². The number of benzene rings is 10. The predicted molar refractivity (Wildman–Crippen MR) is 277 cm³/mol. The van der Waals surface area contributed by atoms with E-state index in [-0.39, 0.29) is 5.41 Å². The van der Waals surface area contributed by atoms with E-state index in [9.17, 15) is 0 Å². The summed E-state index contributed by atoms with van der Waals surface area (Å²) in [7, 11) is 0. The van der Waals surface area contributed by atoms with Crippen molar-refractivity contribution in [3.8, 4) is 43.4 Å². The molecule has 65 heavy (non-hydrogen) atoms. The number of thiazole rings is 2. The van der Waals surface area contributed by atoms with E-state index >= 15 is 0 Å². The van der Waals surface area contributed by atoms with Crippen molar-refractivity contribution in [2.45, 2.75) is 37.0 Å². The molecule has 3 unspecified atom stereocenters. The molecule has 2 nitrogen and oxygen atoms in total. The predicted octanol–water partition coefficient (Wildman–Crippen LogP) is 17.4. The lowest BCUT2D eigenvalue weighted by molar-refractivity contribution is 0.361. The van der Waals surface area contributed by atoms with Gasteiger partial charge in [0.15, 0.2) is 0 Å². The summed E-state index contributed by atoms with van der Waals surface area (Å²) in [6.07, 6.45) is 4.86. The lowest BCUT2D eigenvalue weighted by Crippen LogP contribution is -2.29. The monoisotopic (exact) mass is 866 g/mol. The van der Waals surface area contributed by atoms with Gasteiger partial charge in [0.2, 0.25) is 0 Å². The summed E-state index contributed by atoms with van der Waals surface area (Å²) in [5.41, 5.74) is 12.9. The van der Waals surface area contributed by atoms with Crippen LogP contribution in [0.3, 0.4) is 0 Å². The number of fused-ring (bicyclic) bond motifs is 8. The SMILES string of the molecule is c1ccc(C2CC3CCC2(c2ccccc2-c2cccc4cc5ccccc5c(-c5nc6ccccc6s5)c24)C3)c(-c2cccc3cc4ccccc4c(-c4nc5ccccc5s4)c23)c1. The van der Waals surface area contributed by atoms with E-state index in [0.29, 0.717) is 11.8 Å². The van der Waals surface area contributed by atoms with Gasteiger partial charge < -0.3 is 0 Å². The average molecular weight is 867 g/mol. The van der Waals surface area contributed by atoms with Crippen molar-refractivity contribution in [2.24, 2.45) is 5.92 Å². The third kappa shape index (κ3) is 5.70. The highest BCUT2D eigenvalue weighted by atomic mass is 32.1. The quantitative estimate of drug-likeness (QED) is 0.156. The Balaban J connectivity index is 0.984. The van der Waals surface area contributed by atoms with Gasteiger partial charge in [-0.2, -0.15) is 0 Å². The molecule has 0 radical (unpaired) electrons. The van der Waals surface area contributed by atoms with Gasteiger partial charge in [0.05, 0.1) is 20.4 Å². The van der Waals surface area contributed by atoms with E-state index in [1.165, 1.54) is 123 Å². The molecule has 14 rings (SSSR count). The van der Waals surface area contributed by atoms with Gasteiger partial charge in [-0.15, -0.1) is 22.7 Å². The second-order valence-electron chi connectivity index (χ2n) is 18.4. The minimum absolute atomic E-state index is 0.0143. The number of aromatic nitrogens is 2. The fraction of sp³-hybridized carbons (Fsp3) is 0.115. The van der Waals surface area contributed by atoms with Crippen molar-refractivity contribution in [1.29, 1.82) is 0 Å². The average Bonchev–Trinajstić information content (AvgIpc) is 4.18. The summed E-state index contributed by atoms with van der Waals surface area (Å²) in [5.74, 6) is 1.05. The Bertz CT molecular complexity index is 3830. The second kappa shape index (κ2) is 14.5. The van der Waals surface area contributed by atoms with Gasteiger partial charge in [-0.05, 0) is 140 Å². The van der Waals surface area contributed by atoms with Crippen molar-refractivity contribution in [3.63, 3.8) is 0 Å². The minimum atomic E-state index is -0.0143. The Kier molecular flexibility index (Phi) is 8.35. The molecule has 12 aromatic rings. The molecule has 2 heterocycles. The second-order valence-corrected chi connectivity index (χ2v) is 20.5. The Morgan fingerprint density at radius 3 is 1.55 bits per heavy atom. The Hall–Kier alpha value is -6.98. The molecule has 10 aromatic carbocycles. The largest absolute Gasteiger partial charge is 0.236 e. The summed E-state index contributed by atoms with van der Waals surface area (Å²) in [4.78, 5) is 10.7. The van der Waals surface area contributed by atoms with Crippen LogP contribution in [0.1, 0.15) is 42.7 Å². The van der Waals surface area contributed by atoms with Crippen LogP contribution in [0.2, 0.25) is 0 Å². The molecule has 308 valence electrons. The molecule has 4 heteroatoms. The maximum atomic E-state index is 5.33. The standard InChI is InChI=1S/C61H42N2S2/c1-3-19-42-38(15-1)34-40-17-13-24-47(55(40)57(42)59-62-51-27-9-11-29-53(51)64-59)44-21-5-6-22-45(44)50-33-37-31-32-61(50,36-37)49-26-8-7-23-46(49)48-25-14-18-41-35-39-16-2-4-20-43(39)58(56(41)48)60-63-52-28-10-12-30-54(52)65-60/h1-30,34-35,37,50H,31-33,36H2. The fourth-order valence-corrected chi connectivity index (χ4v) is 14.5. The van der Waals surface area contributed by atoms with E-state index in [4.69, 9.17) is 9.97 Å². The molecular formula is C61H42N2S2. The van der Waals surface area contributed by atoms with Crippen molar-refractivity contribution in [3.05, 3.63) is 205 Å². The maximum Gasteiger partial charge on any atom is 0.125 e. The van der Waals surface area contributed by atoms with Crippen LogP contribution in [0.4, 0.5) is 0 Å². The third-order valence-corrected chi connectivity index (χ3v) is 17.2. The van der Waals surface area contributed by atoms with Gasteiger partial charge in [-0.3, -0.25) is 0 Å². The lowest BCUT2D eigenvalue weighted by Gasteiger charge is -2.39. The molecule has 2 aliphatic carbocycles. The van der Waals surface area contributed by atoms with Crippen LogP contribution in [0, 0.1) is 5.92 Å². The van der Waals surface area contributed by atoms with Crippen LogP contribution < -0.4 is 0 Å². The number of nitrogens with zero attached hydrogens (tertiary/aromatic N) is 2. The van der Waals surface area contributed by atoms with Crippen LogP contribution in [0.5, 0.6) is 0 Å². The van der Waals surface area contributed by atoms with E-state index < -0.39 is 0 Å². The highest BCUT2D eigenvalue weighted by Crippen LogP contribution is 2.65. The zero-order valence-electron chi connectivity index (χ0n) is 35.7. The summed E-state index contributed by atoms with van der Waals surface area (Å²) in [5, 5.41) is 12.3. The van der Waals surface area contributed by atoms with E-state index in [0.717, 1.165) is 21.0 Å². The van der Waals surface area contributed by atoms with Crippen molar-refractivity contribution in [2.75, 3.05) is 0 Å². The van der Waals surface area contributed by atoms with Gasteiger partial charge in [-0.1, -0.05) is 158 Å². The first-order valence-electron chi connectivity index (χ1n) is 23.0. The number of para-hydroxylation sites is 2. The molecule has 2 saturated carbocycles. The van der Waals surface area contributed by atoms with Crippen LogP contribution in [-0.2, 0) is 5.41 Å². The van der Waals surface area contributed by atoms with Crippen LogP contribution >= 0.6 is 22.7 Å². The van der Waals surface area contributed by atoms with Gasteiger partial charge in [0.1, 0.15) is 10.0 Å². The Labute approximate surface area is 385 Å². The summed E-state index contributed by atoms with van der Waals surface area (Å²) >= 11 is 3.61. The number of hydrogen-bond acceptors (Lipinski definition) is 4. The topological polar surface area (TPSA) is 25.8 Å². The molecule has 0 saturated heterocycles. The van der Waals surface area contributed by atoms with Crippen molar-refractivity contribution >= 4 is 86.2 Å².